The van der Waals surface area contributed by atoms with Crippen LogP contribution in [0.15, 0.2) is 83.8 Å². The van der Waals surface area contributed by atoms with Crippen LogP contribution in [0, 0.1) is 0 Å². The van der Waals surface area contributed by atoms with Crippen molar-refractivity contribution < 1.29 is 9.53 Å². The average molecular weight is 386 g/mol. The van der Waals surface area contributed by atoms with E-state index in [0.717, 1.165) is 38.8 Å². The molecule has 2 aliphatic rings. The van der Waals surface area contributed by atoms with Gasteiger partial charge in [0.1, 0.15) is 10.5 Å². The molecule has 28 heavy (non-hydrogen) atoms. The lowest BCUT2D eigenvalue weighted by atomic mass is 9.96. The molecule has 1 atom stereocenters. The van der Waals surface area contributed by atoms with Gasteiger partial charge < -0.3 is 15.4 Å². The minimum atomic E-state index is -0.855. The number of nitrogens with one attached hydrogen (secondary N) is 2. The third-order valence-corrected chi connectivity index (χ3v) is 6.48. The van der Waals surface area contributed by atoms with Crippen LogP contribution in [0.4, 0.5) is 11.4 Å². The molecule has 3 aromatic carbocycles. The van der Waals surface area contributed by atoms with E-state index < -0.39 is 4.75 Å². The van der Waals surface area contributed by atoms with Gasteiger partial charge in [-0.3, -0.25) is 4.79 Å². The van der Waals surface area contributed by atoms with Gasteiger partial charge in [0.2, 0.25) is 5.91 Å². The molecule has 3 aromatic rings. The molecule has 2 N–H and O–H groups in total. The number of ether oxygens (including phenoxy) is 1. The summed E-state index contributed by atoms with van der Waals surface area (Å²) in [6.45, 7) is 0. The first-order valence-electron chi connectivity index (χ1n) is 9.03. The van der Waals surface area contributed by atoms with Gasteiger partial charge in [0.25, 0.3) is 0 Å². The lowest BCUT2D eigenvalue weighted by Crippen LogP contribution is -2.29. The van der Waals surface area contributed by atoms with Crippen molar-refractivity contribution in [2.24, 2.45) is 0 Å². The van der Waals surface area contributed by atoms with Crippen molar-refractivity contribution in [2.75, 3.05) is 17.7 Å². The van der Waals surface area contributed by atoms with E-state index in [2.05, 4.69) is 10.6 Å². The molecule has 0 saturated heterocycles. The van der Waals surface area contributed by atoms with E-state index in [1.807, 2.05) is 78.9 Å². The van der Waals surface area contributed by atoms with Crippen molar-refractivity contribution in [3.05, 3.63) is 90.0 Å². The molecule has 0 saturated carbocycles. The number of hydrogen-bond donors (Lipinski definition) is 2. The minimum absolute atomic E-state index is 0.0374. The fourth-order valence-electron chi connectivity index (χ4n) is 3.68. The summed E-state index contributed by atoms with van der Waals surface area (Å²) in [4.78, 5) is 14.2. The number of fused-ring (bicyclic) bond motifs is 3. The van der Waals surface area contributed by atoms with E-state index >= 15 is 0 Å². The van der Waals surface area contributed by atoms with Crippen LogP contribution >= 0.6 is 11.8 Å². The second-order valence-electron chi connectivity index (χ2n) is 6.75. The van der Waals surface area contributed by atoms with Gasteiger partial charge in [0, 0.05) is 21.8 Å². The highest BCUT2D eigenvalue weighted by atomic mass is 32.2. The maximum atomic E-state index is 13.3. The van der Waals surface area contributed by atoms with Crippen LogP contribution in [0.5, 0.6) is 5.75 Å². The van der Waals surface area contributed by atoms with Crippen LogP contribution < -0.4 is 15.4 Å². The summed E-state index contributed by atoms with van der Waals surface area (Å²) in [6, 6.07) is 23.9. The summed E-state index contributed by atoms with van der Waals surface area (Å²) in [6.07, 6.45) is 2.04. The molecule has 5 heteroatoms. The van der Waals surface area contributed by atoms with Crippen molar-refractivity contribution in [3.8, 4) is 5.75 Å². The zero-order valence-electron chi connectivity index (χ0n) is 15.2. The topological polar surface area (TPSA) is 50.4 Å². The van der Waals surface area contributed by atoms with Crippen LogP contribution in [-0.4, -0.2) is 13.0 Å². The van der Waals surface area contributed by atoms with Crippen molar-refractivity contribution in [1.29, 1.82) is 0 Å². The monoisotopic (exact) mass is 386 g/mol. The van der Waals surface area contributed by atoms with Crippen LogP contribution in [0.3, 0.4) is 0 Å². The first-order chi connectivity index (χ1) is 13.7. The fourth-order valence-corrected chi connectivity index (χ4v) is 5.04. The molecule has 2 heterocycles. The van der Waals surface area contributed by atoms with Gasteiger partial charge >= 0.3 is 0 Å². The highest BCUT2D eigenvalue weighted by molar-refractivity contribution is 8.01. The van der Waals surface area contributed by atoms with Gasteiger partial charge in [-0.2, -0.15) is 0 Å². The molecule has 1 spiro atoms. The molecule has 1 amide bonds. The van der Waals surface area contributed by atoms with Crippen molar-refractivity contribution >= 4 is 34.7 Å². The molecular formula is C23H18N2O2S. The predicted octanol–water partition coefficient (Wildman–Crippen LogP) is 5.10. The molecule has 0 bridgehead atoms. The second kappa shape index (κ2) is 6.46. The van der Waals surface area contributed by atoms with Crippen LogP contribution in [0.2, 0.25) is 0 Å². The summed E-state index contributed by atoms with van der Waals surface area (Å²) in [7, 11) is 1.65. The molecule has 138 valence electrons. The van der Waals surface area contributed by atoms with E-state index in [0.29, 0.717) is 0 Å². The predicted molar refractivity (Wildman–Crippen MR) is 114 cm³/mol. The van der Waals surface area contributed by atoms with Gasteiger partial charge in [-0.25, -0.2) is 0 Å². The summed E-state index contributed by atoms with van der Waals surface area (Å²) in [5, 5.41) is 6.59. The van der Waals surface area contributed by atoms with Crippen LogP contribution in [0.1, 0.15) is 11.1 Å². The lowest BCUT2D eigenvalue weighted by Gasteiger charge is -2.23. The molecule has 4 nitrogen and oxygen atoms in total. The van der Waals surface area contributed by atoms with Gasteiger partial charge in [0.05, 0.1) is 12.8 Å². The Morgan fingerprint density at radius 3 is 2.50 bits per heavy atom. The zero-order valence-corrected chi connectivity index (χ0v) is 16.0. The number of thioether (sulfide) groups is 1. The number of carbonyl (C=O) groups excluding carboxylic acids is 1. The molecule has 0 aliphatic carbocycles. The number of hydrogen-bond acceptors (Lipinski definition) is 4. The number of para-hydroxylation sites is 1. The van der Waals surface area contributed by atoms with Gasteiger partial charge in [-0.15, -0.1) is 0 Å². The summed E-state index contributed by atoms with van der Waals surface area (Å²) in [5.74, 6) is 0.725. The second-order valence-corrected chi connectivity index (χ2v) is 8.04. The van der Waals surface area contributed by atoms with E-state index in [-0.39, 0.29) is 5.91 Å². The zero-order chi connectivity index (χ0) is 19.1. The minimum Gasteiger partial charge on any atom is -0.497 e. The first kappa shape index (κ1) is 17.0. The Kier molecular flexibility index (Phi) is 3.91. The Hall–Kier alpha value is -3.18. The quantitative estimate of drug-likeness (QED) is 0.643. The molecule has 1 unspecified atom stereocenters. The SMILES string of the molecule is COc1ccc2c(c1)SC1(C=C(c3ccccc3)N2)C(=O)Nc2ccccc21. The van der Waals surface area contributed by atoms with Crippen molar-refractivity contribution in [2.45, 2.75) is 9.64 Å². The van der Waals surface area contributed by atoms with Gasteiger partial charge in [-0.05, 0) is 35.9 Å². The number of anilines is 2. The number of carbonyl (C=O) groups is 1. The maximum absolute atomic E-state index is 13.3. The number of amides is 1. The Balaban J connectivity index is 1.76. The molecule has 0 aromatic heterocycles. The normalized spacial score (nSPS) is 19.8. The van der Waals surface area contributed by atoms with Crippen molar-refractivity contribution in [3.63, 3.8) is 0 Å². The molecule has 0 fully saturated rings. The van der Waals surface area contributed by atoms with Gasteiger partial charge in [0.15, 0.2) is 0 Å². The third kappa shape index (κ3) is 2.59. The molecular weight excluding hydrogens is 368 g/mol. The first-order valence-corrected chi connectivity index (χ1v) is 9.84. The third-order valence-electron chi connectivity index (χ3n) is 5.07. The van der Waals surface area contributed by atoms with Crippen LogP contribution in [0.25, 0.3) is 5.70 Å². The van der Waals surface area contributed by atoms with Crippen LogP contribution in [-0.2, 0) is 9.54 Å². The van der Waals surface area contributed by atoms with E-state index in [1.165, 1.54) is 11.8 Å². The summed E-state index contributed by atoms with van der Waals surface area (Å²) < 4.78 is 4.57. The average Bonchev–Trinajstić information content (AvgIpc) is 2.89. The number of benzene rings is 3. The Morgan fingerprint density at radius 1 is 0.893 bits per heavy atom. The van der Waals surface area contributed by atoms with Gasteiger partial charge in [-0.1, -0.05) is 60.3 Å². The van der Waals surface area contributed by atoms with E-state index in [1.54, 1.807) is 7.11 Å². The smallest absolute Gasteiger partial charge is 0.249 e. The molecule has 2 aliphatic heterocycles. The number of methoxy groups -OCH3 is 1. The Bertz CT molecular complexity index is 1110. The van der Waals surface area contributed by atoms with E-state index in [4.69, 9.17) is 4.74 Å². The highest BCUT2D eigenvalue weighted by Gasteiger charge is 2.48. The Morgan fingerprint density at radius 2 is 1.68 bits per heavy atom. The molecule has 0 radical (unpaired) electrons. The lowest BCUT2D eigenvalue weighted by molar-refractivity contribution is -0.116. The largest absolute Gasteiger partial charge is 0.497 e. The highest BCUT2D eigenvalue weighted by Crippen LogP contribution is 2.54. The summed E-state index contributed by atoms with van der Waals surface area (Å²) >= 11 is 1.54. The van der Waals surface area contributed by atoms with Crippen molar-refractivity contribution in [1.82, 2.24) is 0 Å². The summed E-state index contributed by atoms with van der Waals surface area (Å²) in [5.41, 5.74) is 4.72. The number of rotatable bonds is 2. The van der Waals surface area contributed by atoms with E-state index in [9.17, 15) is 4.79 Å². The maximum Gasteiger partial charge on any atom is 0.249 e. The Labute approximate surface area is 167 Å². The standard InChI is InChI=1S/C23H18N2O2S/c1-27-16-11-12-19-21(13-16)28-23(14-20(24-19)15-7-3-2-4-8-15)17-9-5-6-10-18(17)25-22(23)26/h2-14,24H,1H3,(H,25,26). The molecule has 5 rings (SSSR count). The fraction of sp³-hybridized carbons (Fsp3) is 0.0870.